The summed E-state index contributed by atoms with van der Waals surface area (Å²) in [5.74, 6) is -0.955. The summed E-state index contributed by atoms with van der Waals surface area (Å²) < 4.78 is 24.9. The number of aliphatic hydroxyl groups excluding tert-OH is 1. The molecule has 0 radical (unpaired) electrons. The summed E-state index contributed by atoms with van der Waals surface area (Å²) in [5, 5.41) is 9.37. The third-order valence-corrected chi connectivity index (χ3v) is 1.54. The van der Waals surface area contributed by atoms with Gasteiger partial charge in [0.2, 0.25) is 0 Å². The molecule has 0 spiro atoms. The van der Waals surface area contributed by atoms with E-state index in [0.717, 1.165) is 0 Å². The van der Waals surface area contributed by atoms with Crippen LogP contribution in [0.2, 0.25) is 0 Å². The molecule has 54 valence electrons. The van der Waals surface area contributed by atoms with Crippen molar-refractivity contribution in [2.75, 3.05) is 19.0 Å². The summed E-state index contributed by atoms with van der Waals surface area (Å²) in [7, 11) is -3.67. The topological polar surface area (TPSA) is 66.6 Å². The van der Waals surface area contributed by atoms with Crippen LogP contribution in [0.5, 0.6) is 0 Å². The zero-order valence-corrected chi connectivity index (χ0v) is 5.47. The zero-order valence-electron chi connectivity index (χ0n) is 4.65. The van der Waals surface area contributed by atoms with Crippen molar-refractivity contribution in [3.63, 3.8) is 0 Å². The largest absolute Gasteiger partial charge is 0.378 e. The lowest BCUT2D eigenvalue weighted by molar-refractivity contribution is 0.0734. The van der Waals surface area contributed by atoms with Gasteiger partial charge in [-0.3, -0.25) is 0 Å². The molecule has 0 aromatic carbocycles. The van der Waals surface area contributed by atoms with Gasteiger partial charge in [-0.05, 0) is 0 Å². The highest BCUT2D eigenvalue weighted by Crippen LogP contribution is 2.07. The van der Waals surface area contributed by atoms with Crippen LogP contribution in [0.1, 0.15) is 0 Å². The summed E-state index contributed by atoms with van der Waals surface area (Å²) in [6.45, 7) is 1.25. The molecule has 6 heteroatoms. The van der Waals surface area contributed by atoms with Crippen LogP contribution in [-0.4, -0.2) is 37.6 Å². The second-order valence-electron chi connectivity index (χ2n) is 1.69. The van der Waals surface area contributed by atoms with E-state index in [1.165, 1.54) is 5.06 Å². The molecule has 9 heavy (non-hydrogen) atoms. The molecule has 0 unspecified atom stereocenters. The molecule has 0 amide bonds. The summed E-state index contributed by atoms with van der Waals surface area (Å²) in [5.41, 5.74) is 0. The molecule has 0 aliphatic carbocycles. The second-order valence-corrected chi connectivity index (χ2v) is 3.21. The molecule has 0 saturated carbocycles. The average Bonchev–Trinajstić information content (AvgIpc) is 2.50. The number of hydrogen-bond acceptors (Lipinski definition) is 5. The van der Waals surface area contributed by atoms with Gasteiger partial charge in [0, 0.05) is 13.1 Å². The predicted molar refractivity (Wildman–Crippen MR) is 28.7 cm³/mol. The Bertz CT molecular complexity index is 182. The monoisotopic (exact) mass is 153 g/mol. The van der Waals surface area contributed by atoms with Gasteiger partial charge in [-0.25, -0.2) is 0 Å². The zero-order chi connectivity index (χ0) is 6.91. The Morgan fingerprint density at radius 3 is 2.44 bits per heavy atom. The van der Waals surface area contributed by atoms with Crippen molar-refractivity contribution < 1.29 is 17.8 Å². The summed E-state index contributed by atoms with van der Waals surface area (Å²) >= 11 is 0. The van der Waals surface area contributed by atoms with Gasteiger partial charge in [-0.1, -0.05) is 0 Å². The molecule has 1 fully saturated rings. The molecule has 0 bridgehead atoms. The maximum Gasteiger partial charge on any atom is 0.307 e. The van der Waals surface area contributed by atoms with E-state index >= 15 is 0 Å². The van der Waals surface area contributed by atoms with Crippen molar-refractivity contribution in [2.24, 2.45) is 0 Å². The standard InChI is InChI=1S/C3H7NO4S/c5-3-9(6,7)8-4-1-2-4/h5H,1-3H2. The van der Waals surface area contributed by atoms with Crippen LogP contribution < -0.4 is 0 Å². The van der Waals surface area contributed by atoms with Gasteiger partial charge in [-0.15, -0.1) is 0 Å². The SMILES string of the molecule is O=S(=O)(CO)ON1CC1. The van der Waals surface area contributed by atoms with Crippen LogP contribution in [-0.2, 0) is 14.4 Å². The van der Waals surface area contributed by atoms with Crippen LogP contribution >= 0.6 is 0 Å². The van der Waals surface area contributed by atoms with Crippen molar-refractivity contribution >= 4 is 10.1 Å². The first-order valence-corrected chi connectivity index (χ1v) is 4.00. The number of hydroxylamine groups is 2. The van der Waals surface area contributed by atoms with E-state index in [1.807, 2.05) is 0 Å². The van der Waals surface area contributed by atoms with E-state index in [-0.39, 0.29) is 0 Å². The summed E-state index contributed by atoms with van der Waals surface area (Å²) in [6, 6.07) is 0. The fourth-order valence-electron chi connectivity index (χ4n) is 0.300. The van der Waals surface area contributed by atoms with Crippen molar-refractivity contribution in [3.8, 4) is 0 Å². The highest BCUT2D eigenvalue weighted by Gasteiger charge is 2.25. The fraction of sp³-hybridized carbons (Fsp3) is 1.00. The molecule has 1 saturated heterocycles. The lowest BCUT2D eigenvalue weighted by Gasteiger charge is -1.98. The van der Waals surface area contributed by atoms with Crippen molar-refractivity contribution in [2.45, 2.75) is 0 Å². The van der Waals surface area contributed by atoms with Crippen LogP contribution in [0, 0.1) is 0 Å². The lowest BCUT2D eigenvalue weighted by Crippen LogP contribution is -2.13. The molecule has 1 rings (SSSR count). The Hall–Kier alpha value is -0.170. The van der Waals surface area contributed by atoms with E-state index < -0.39 is 16.1 Å². The molecule has 0 aromatic heterocycles. The number of rotatable bonds is 3. The number of aliphatic hydroxyl groups is 1. The molecular formula is C3H7NO4S. The minimum Gasteiger partial charge on any atom is -0.378 e. The molecule has 1 heterocycles. The minimum absolute atomic E-state index is 0.624. The number of hydrogen-bond donors (Lipinski definition) is 1. The quantitative estimate of drug-likeness (QED) is 0.500. The first-order chi connectivity index (χ1) is 4.14. The summed E-state index contributed by atoms with van der Waals surface area (Å²) in [6.07, 6.45) is 0. The maximum atomic E-state index is 10.3. The first kappa shape index (κ1) is 6.94. The highest BCUT2D eigenvalue weighted by molar-refractivity contribution is 7.86. The van der Waals surface area contributed by atoms with Gasteiger partial charge in [0.15, 0.2) is 5.94 Å². The molecule has 1 aliphatic heterocycles. The Morgan fingerprint density at radius 2 is 2.11 bits per heavy atom. The molecule has 0 aromatic rings. The van der Waals surface area contributed by atoms with E-state index in [2.05, 4.69) is 4.28 Å². The Morgan fingerprint density at radius 1 is 1.56 bits per heavy atom. The van der Waals surface area contributed by atoms with Gasteiger partial charge in [-0.2, -0.15) is 17.8 Å². The Labute approximate surface area is 52.9 Å². The normalized spacial score (nSPS) is 20.1. The molecule has 1 aliphatic rings. The third kappa shape index (κ3) is 2.27. The smallest absolute Gasteiger partial charge is 0.307 e. The van der Waals surface area contributed by atoms with Gasteiger partial charge in [0.1, 0.15) is 0 Å². The highest BCUT2D eigenvalue weighted by atomic mass is 32.2. The van der Waals surface area contributed by atoms with Crippen molar-refractivity contribution in [3.05, 3.63) is 0 Å². The van der Waals surface area contributed by atoms with Gasteiger partial charge in [0.25, 0.3) is 0 Å². The first-order valence-electron chi connectivity index (χ1n) is 2.42. The number of nitrogens with zero attached hydrogens (tertiary/aromatic N) is 1. The van der Waals surface area contributed by atoms with E-state index in [1.54, 1.807) is 0 Å². The van der Waals surface area contributed by atoms with E-state index in [0.29, 0.717) is 13.1 Å². The minimum atomic E-state index is -3.67. The van der Waals surface area contributed by atoms with Crippen LogP contribution in [0.15, 0.2) is 0 Å². The van der Waals surface area contributed by atoms with Gasteiger partial charge < -0.3 is 5.11 Å². The van der Waals surface area contributed by atoms with Crippen LogP contribution in [0.25, 0.3) is 0 Å². The molecule has 1 N–H and O–H groups in total. The predicted octanol–water partition coefficient (Wildman–Crippen LogP) is -1.49. The van der Waals surface area contributed by atoms with Crippen molar-refractivity contribution in [1.82, 2.24) is 5.06 Å². The molecule has 0 atom stereocenters. The third-order valence-electron chi connectivity index (χ3n) is 0.783. The second kappa shape index (κ2) is 2.22. The Kier molecular flexibility index (Phi) is 1.71. The maximum absolute atomic E-state index is 10.3. The van der Waals surface area contributed by atoms with Gasteiger partial charge >= 0.3 is 10.1 Å². The van der Waals surface area contributed by atoms with E-state index in [4.69, 9.17) is 5.11 Å². The fourth-order valence-corrected chi connectivity index (χ4v) is 0.817. The van der Waals surface area contributed by atoms with E-state index in [9.17, 15) is 8.42 Å². The molecule has 5 nitrogen and oxygen atoms in total. The Balaban J connectivity index is 2.40. The van der Waals surface area contributed by atoms with Crippen LogP contribution in [0.4, 0.5) is 0 Å². The molecular weight excluding hydrogens is 146 g/mol. The summed E-state index contributed by atoms with van der Waals surface area (Å²) in [4.78, 5) is 0. The van der Waals surface area contributed by atoms with Crippen LogP contribution in [0.3, 0.4) is 0 Å². The van der Waals surface area contributed by atoms with Crippen molar-refractivity contribution in [1.29, 1.82) is 0 Å². The lowest BCUT2D eigenvalue weighted by atomic mass is 11.0. The van der Waals surface area contributed by atoms with Gasteiger partial charge in [0.05, 0.1) is 0 Å². The average molecular weight is 153 g/mol.